The Hall–Kier alpha value is -1.58. The summed E-state index contributed by atoms with van der Waals surface area (Å²) in [5.74, 6) is 0. The maximum absolute atomic E-state index is 10.9. The van der Waals surface area contributed by atoms with E-state index in [4.69, 9.17) is 0 Å². The second-order valence-electron chi connectivity index (χ2n) is 7.05. The highest BCUT2D eigenvalue weighted by Gasteiger charge is 2.31. The lowest BCUT2D eigenvalue weighted by Crippen LogP contribution is -2.44. The van der Waals surface area contributed by atoms with Gasteiger partial charge in [-0.25, -0.2) is 0 Å². The first kappa shape index (κ1) is 17.2. The fourth-order valence-corrected chi connectivity index (χ4v) is 4.11. The number of aryl methyl sites for hydroxylation is 3. The summed E-state index contributed by atoms with van der Waals surface area (Å²) in [4.78, 5) is 2.50. The third kappa shape index (κ3) is 3.42. The number of aromatic nitrogens is 1. The summed E-state index contributed by atoms with van der Waals surface area (Å²) in [7, 11) is 0. The first-order valence-electron chi connectivity index (χ1n) is 9.24. The monoisotopic (exact) mass is 326 g/mol. The Kier molecular flexibility index (Phi) is 5.42. The number of aliphatic hydroxyl groups is 1. The van der Waals surface area contributed by atoms with Crippen LogP contribution in [0.2, 0.25) is 0 Å². The molecule has 2 unspecified atom stereocenters. The van der Waals surface area contributed by atoms with Crippen LogP contribution in [-0.2, 0) is 13.0 Å². The van der Waals surface area contributed by atoms with Gasteiger partial charge in [0, 0.05) is 30.5 Å². The molecule has 2 aromatic rings. The van der Waals surface area contributed by atoms with E-state index < -0.39 is 0 Å². The lowest BCUT2D eigenvalue weighted by atomic mass is 9.85. The number of fused-ring (bicyclic) bond motifs is 1. The average Bonchev–Trinajstić information content (AvgIpc) is 2.91. The molecule has 0 saturated heterocycles. The van der Waals surface area contributed by atoms with E-state index in [1.165, 1.54) is 17.0 Å². The summed E-state index contributed by atoms with van der Waals surface area (Å²) in [6, 6.07) is 13.0. The number of hydrogen-bond acceptors (Lipinski definition) is 2. The Morgan fingerprint density at radius 3 is 2.50 bits per heavy atom. The van der Waals surface area contributed by atoms with Crippen molar-refractivity contribution in [3.63, 3.8) is 0 Å². The van der Waals surface area contributed by atoms with Crippen LogP contribution in [0.3, 0.4) is 0 Å². The van der Waals surface area contributed by atoms with Gasteiger partial charge in [-0.15, -0.1) is 0 Å². The van der Waals surface area contributed by atoms with E-state index in [1.807, 2.05) is 6.07 Å². The van der Waals surface area contributed by atoms with E-state index in [0.29, 0.717) is 0 Å². The van der Waals surface area contributed by atoms with Crippen molar-refractivity contribution in [1.29, 1.82) is 0 Å². The fourth-order valence-electron chi connectivity index (χ4n) is 4.11. The Balaban J connectivity index is 1.74. The van der Waals surface area contributed by atoms with E-state index in [9.17, 15) is 5.11 Å². The van der Waals surface area contributed by atoms with Crippen molar-refractivity contribution in [2.75, 3.05) is 13.1 Å². The fraction of sp³-hybridized carbons (Fsp3) is 0.524. The van der Waals surface area contributed by atoms with Gasteiger partial charge in [0.1, 0.15) is 0 Å². The molecule has 0 bridgehead atoms. The van der Waals surface area contributed by atoms with Crippen LogP contribution in [0.4, 0.5) is 0 Å². The maximum atomic E-state index is 10.9. The molecule has 130 valence electrons. The van der Waals surface area contributed by atoms with Crippen molar-refractivity contribution in [2.24, 2.45) is 0 Å². The minimum Gasteiger partial charge on any atom is -0.387 e. The normalized spacial score (nSPS) is 20.4. The van der Waals surface area contributed by atoms with Gasteiger partial charge < -0.3 is 9.67 Å². The summed E-state index contributed by atoms with van der Waals surface area (Å²) >= 11 is 0. The van der Waals surface area contributed by atoms with Gasteiger partial charge in [0.15, 0.2) is 0 Å². The molecule has 2 atom stereocenters. The van der Waals surface area contributed by atoms with E-state index in [2.05, 4.69) is 60.6 Å². The van der Waals surface area contributed by atoms with Crippen LogP contribution < -0.4 is 0 Å². The lowest BCUT2D eigenvalue weighted by molar-refractivity contribution is 0.0338. The van der Waals surface area contributed by atoms with Crippen molar-refractivity contribution in [3.8, 4) is 0 Å². The molecule has 3 heteroatoms. The molecule has 1 aliphatic rings. The van der Waals surface area contributed by atoms with E-state index in [0.717, 1.165) is 44.5 Å². The summed E-state index contributed by atoms with van der Waals surface area (Å²) < 4.78 is 2.38. The van der Waals surface area contributed by atoms with Gasteiger partial charge in [-0.1, -0.05) is 31.2 Å². The summed E-state index contributed by atoms with van der Waals surface area (Å²) in [6.07, 6.45) is 2.86. The second kappa shape index (κ2) is 7.54. The summed E-state index contributed by atoms with van der Waals surface area (Å²) in [5, 5.41) is 10.9. The van der Waals surface area contributed by atoms with Crippen LogP contribution in [0.1, 0.15) is 48.4 Å². The molecule has 0 saturated carbocycles. The number of nitrogens with zero attached hydrogens (tertiary/aromatic N) is 2. The van der Waals surface area contributed by atoms with Crippen molar-refractivity contribution in [3.05, 3.63) is 58.9 Å². The zero-order chi connectivity index (χ0) is 17.1. The molecule has 1 aromatic heterocycles. The van der Waals surface area contributed by atoms with Gasteiger partial charge in [-0.05, 0) is 62.9 Å². The number of hydrogen-bond donors (Lipinski definition) is 1. The molecule has 0 aliphatic heterocycles. The minimum atomic E-state index is -0.367. The average molecular weight is 326 g/mol. The molecule has 1 aliphatic carbocycles. The van der Waals surface area contributed by atoms with Gasteiger partial charge >= 0.3 is 0 Å². The molecule has 0 amide bonds. The largest absolute Gasteiger partial charge is 0.387 e. The van der Waals surface area contributed by atoms with Gasteiger partial charge in [-0.2, -0.15) is 0 Å². The topological polar surface area (TPSA) is 28.4 Å². The molecule has 0 radical (unpaired) electrons. The van der Waals surface area contributed by atoms with E-state index in [1.54, 1.807) is 0 Å². The molecular formula is C21H30N2O. The SMILES string of the molecule is CCCN(CCn1c(C)ccc1C)C1CCc2ccccc2C1O. The molecule has 0 fully saturated rings. The molecule has 1 aromatic carbocycles. The quantitative estimate of drug-likeness (QED) is 0.873. The number of rotatable bonds is 6. The predicted molar refractivity (Wildman–Crippen MR) is 99.3 cm³/mol. The maximum Gasteiger partial charge on any atom is 0.0947 e. The van der Waals surface area contributed by atoms with Crippen molar-refractivity contribution < 1.29 is 5.11 Å². The Morgan fingerprint density at radius 1 is 1.08 bits per heavy atom. The Labute approximate surface area is 145 Å². The highest BCUT2D eigenvalue weighted by atomic mass is 16.3. The highest BCUT2D eigenvalue weighted by Crippen LogP contribution is 2.33. The lowest BCUT2D eigenvalue weighted by Gasteiger charge is -2.39. The highest BCUT2D eigenvalue weighted by molar-refractivity contribution is 5.32. The number of benzene rings is 1. The third-order valence-electron chi connectivity index (χ3n) is 5.46. The Morgan fingerprint density at radius 2 is 1.79 bits per heavy atom. The first-order valence-corrected chi connectivity index (χ1v) is 9.24. The molecule has 24 heavy (non-hydrogen) atoms. The minimum absolute atomic E-state index is 0.232. The smallest absolute Gasteiger partial charge is 0.0947 e. The molecule has 3 rings (SSSR count). The number of aliphatic hydroxyl groups excluding tert-OH is 1. The predicted octanol–water partition coefficient (Wildman–Crippen LogP) is 3.87. The third-order valence-corrected chi connectivity index (χ3v) is 5.46. The van der Waals surface area contributed by atoms with Crippen molar-refractivity contribution in [1.82, 2.24) is 9.47 Å². The molecule has 1 N–H and O–H groups in total. The summed E-state index contributed by atoms with van der Waals surface area (Å²) in [5.41, 5.74) is 5.08. The van der Waals surface area contributed by atoms with Gasteiger partial charge in [0.25, 0.3) is 0 Å². The molecule has 0 spiro atoms. The van der Waals surface area contributed by atoms with Crippen LogP contribution >= 0.6 is 0 Å². The van der Waals surface area contributed by atoms with Crippen LogP contribution in [0.15, 0.2) is 36.4 Å². The van der Waals surface area contributed by atoms with E-state index in [-0.39, 0.29) is 12.1 Å². The van der Waals surface area contributed by atoms with Gasteiger partial charge in [0.2, 0.25) is 0 Å². The van der Waals surface area contributed by atoms with Gasteiger partial charge in [0.05, 0.1) is 6.10 Å². The molecule has 1 heterocycles. The zero-order valence-corrected chi connectivity index (χ0v) is 15.2. The molecule has 3 nitrogen and oxygen atoms in total. The van der Waals surface area contributed by atoms with Crippen LogP contribution in [-0.4, -0.2) is 33.7 Å². The van der Waals surface area contributed by atoms with E-state index >= 15 is 0 Å². The van der Waals surface area contributed by atoms with Crippen LogP contribution in [0.25, 0.3) is 0 Å². The second-order valence-corrected chi connectivity index (χ2v) is 7.05. The summed E-state index contributed by atoms with van der Waals surface area (Å²) in [6.45, 7) is 9.60. The van der Waals surface area contributed by atoms with Crippen LogP contribution in [0.5, 0.6) is 0 Å². The standard InChI is InChI=1S/C21H30N2O/c1-4-13-22(14-15-23-16(2)9-10-17(23)3)20-12-11-18-7-5-6-8-19(18)21(20)24/h5-10,20-21,24H,4,11-15H2,1-3H3. The molecular weight excluding hydrogens is 296 g/mol. The van der Waals surface area contributed by atoms with Crippen molar-refractivity contribution >= 4 is 0 Å². The van der Waals surface area contributed by atoms with Crippen molar-refractivity contribution in [2.45, 2.75) is 58.7 Å². The zero-order valence-electron chi connectivity index (χ0n) is 15.2. The Bertz CT molecular complexity index is 657. The van der Waals surface area contributed by atoms with Crippen LogP contribution in [0, 0.1) is 13.8 Å². The first-order chi connectivity index (χ1) is 11.6. The van der Waals surface area contributed by atoms with Gasteiger partial charge in [-0.3, -0.25) is 4.90 Å².